The molecule has 3 rings (SSSR count). The van der Waals surface area contributed by atoms with Gasteiger partial charge in [0.25, 0.3) is 5.91 Å². The Morgan fingerprint density at radius 2 is 2.14 bits per heavy atom. The summed E-state index contributed by atoms with van der Waals surface area (Å²) in [4.78, 5) is 17.2. The maximum atomic E-state index is 13.2. The van der Waals surface area contributed by atoms with Gasteiger partial charge in [-0.15, -0.1) is 0 Å². The van der Waals surface area contributed by atoms with Crippen LogP contribution in [0.1, 0.15) is 36.5 Å². The number of fused-ring (bicyclic) bond motifs is 1. The Kier molecular flexibility index (Phi) is 4.31. The van der Waals surface area contributed by atoms with Crippen molar-refractivity contribution in [1.29, 1.82) is 0 Å². The van der Waals surface area contributed by atoms with Crippen LogP contribution in [0.15, 0.2) is 22.7 Å². The quantitative estimate of drug-likeness (QED) is 0.772. The van der Waals surface area contributed by atoms with Crippen LogP contribution in [0.25, 0.3) is 0 Å². The molecule has 2 atom stereocenters. The molecule has 0 N–H and O–H groups in total. The molecule has 0 aromatic heterocycles. The Morgan fingerprint density at radius 1 is 1.33 bits per heavy atom. The second kappa shape index (κ2) is 6.05. The SMILES string of the molecule is CC1CN2CCCCC2CN1C(=O)c1ccc(F)cc1Br. The van der Waals surface area contributed by atoms with Gasteiger partial charge in [0.1, 0.15) is 5.82 Å². The van der Waals surface area contributed by atoms with Crippen molar-refractivity contribution in [3.05, 3.63) is 34.1 Å². The first kappa shape index (κ1) is 15.0. The van der Waals surface area contributed by atoms with Crippen molar-refractivity contribution >= 4 is 21.8 Å². The van der Waals surface area contributed by atoms with E-state index in [1.165, 1.54) is 31.4 Å². The van der Waals surface area contributed by atoms with Crippen molar-refractivity contribution in [3.63, 3.8) is 0 Å². The number of nitrogens with zero attached hydrogens (tertiary/aromatic N) is 2. The number of piperazine rings is 1. The van der Waals surface area contributed by atoms with Gasteiger partial charge in [0.2, 0.25) is 0 Å². The summed E-state index contributed by atoms with van der Waals surface area (Å²) >= 11 is 3.31. The highest BCUT2D eigenvalue weighted by Crippen LogP contribution is 2.27. The summed E-state index contributed by atoms with van der Waals surface area (Å²) in [7, 11) is 0. The highest BCUT2D eigenvalue weighted by molar-refractivity contribution is 9.10. The fourth-order valence-corrected chi connectivity index (χ4v) is 3.97. The van der Waals surface area contributed by atoms with Crippen molar-refractivity contribution < 1.29 is 9.18 Å². The number of halogens is 2. The molecule has 0 spiro atoms. The fourth-order valence-electron chi connectivity index (χ4n) is 3.45. The molecule has 2 unspecified atom stereocenters. The molecule has 1 aromatic rings. The Labute approximate surface area is 133 Å². The Morgan fingerprint density at radius 3 is 2.90 bits per heavy atom. The van der Waals surface area contributed by atoms with E-state index in [0.717, 1.165) is 19.6 Å². The Bertz CT molecular complexity index is 551. The molecule has 2 heterocycles. The van der Waals surface area contributed by atoms with Crippen LogP contribution in [0, 0.1) is 5.82 Å². The van der Waals surface area contributed by atoms with Gasteiger partial charge in [0, 0.05) is 29.6 Å². The lowest BCUT2D eigenvalue weighted by molar-refractivity contribution is 0.0151. The number of hydrogen-bond donors (Lipinski definition) is 0. The molecule has 0 saturated carbocycles. The molecule has 1 aromatic carbocycles. The molecule has 114 valence electrons. The average Bonchev–Trinajstić information content (AvgIpc) is 2.46. The zero-order valence-electron chi connectivity index (χ0n) is 12.2. The number of benzene rings is 1. The Hall–Kier alpha value is -0.940. The summed E-state index contributed by atoms with van der Waals surface area (Å²) in [5.41, 5.74) is 0.549. The number of piperidine rings is 1. The van der Waals surface area contributed by atoms with Gasteiger partial charge in [-0.1, -0.05) is 6.42 Å². The van der Waals surface area contributed by atoms with E-state index >= 15 is 0 Å². The van der Waals surface area contributed by atoms with Crippen LogP contribution in [0.4, 0.5) is 4.39 Å². The third-order valence-electron chi connectivity index (χ3n) is 4.61. The lowest BCUT2D eigenvalue weighted by Gasteiger charge is -2.47. The molecule has 3 nitrogen and oxygen atoms in total. The molecule has 2 fully saturated rings. The van der Waals surface area contributed by atoms with Crippen molar-refractivity contribution in [3.8, 4) is 0 Å². The largest absolute Gasteiger partial charge is 0.333 e. The Balaban J connectivity index is 1.80. The minimum absolute atomic E-state index is 0.000372. The van der Waals surface area contributed by atoms with Crippen molar-refractivity contribution in [2.45, 2.75) is 38.3 Å². The van der Waals surface area contributed by atoms with Gasteiger partial charge >= 0.3 is 0 Å². The molecule has 2 saturated heterocycles. The van der Waals surface area contributed by atoms with E-state index in [-0.39, 0.29) is 17.8 Å². The van der Waals surface area contributed by atoms with E-state index in [1.807, 2.05) is 4.90 Å². The van der Waals surface area contributed by atoms with Crippen LogP contribution < -0.4 is 0 Å². The fraction of sp³-hybridized carbons (Fsp3) is 0.562. The number of carbonyl (C=O) groups is 1. The second-order valence-corrected chi connectivity index (χ2v) is 6.93. The van der Waals surface area contributed by atoms with Gasteiger partial charge in [-0.25, -0.2) is 4.39 Å². The number of amides is 1. The average molecular weight is 355 g/mol. The van der Waals surface area contributed by atoms with Crippen LogP contribution in [-0.2, 0) is 0 Å². The third-order valence-corrected chi connectivity index (χ3v) is 5.27. The van der Waals surface area contributed by atoms with Gasteiger partial charge in [-0.3, -0.25) is 9.69 Å². The van der Waals surface area contributed by atoms with E-state index in [0.29, 0.717) is 16.1 Å². The minimum atomic E-state index is -0.330. The molecular weight excluding hydrogens is 335 g/mol. The topological polar surface area (TPSA) is 23.6 Å². The summed E-state index contributed by atoms with van der Waals surface area (Å²) in [6, 6.07) is 4.96. The maximum Gasteiger partial charge on any atom is 0.255 e. The molecule has 0 aliphatic carbocycles. The number of rotatable bonds is 1. The van der Waals surface area contributed by atoms with Crippen molar-refractivity contribution in [2.75, 3.05) is 19.6 Å². The standard InChI is InChI=1S/C16H20BrFN2O/c1-11-9-19-7-3-2-4-13(19)10-20(11)16(21)14-6-5-12(18)8-15(14)17/h5-6,8,11,13H,2-4,7,9-10H2,1H3. The van der Waals surface area contributed by atoms with Crippen molar-refractivity contribution in [1.82, 2.24) is 9.80 Å². The summed E-state index contributed by atoms with van der Waals surface area (Å²) in [6.07, 6.45) is 3.68. The zero-order chi connectivity index (χ0) is 15.0. The molecule has 5 heteroatoms. The van der Waals surface area contributed by atoms with E-state index in [9.17, 15) is 9.18 Å². The lowest BCUT2D eigenvalue weighted by Crippen LogP contribution is -2.60. The first-order chi connectivity index (χ1) is 10.1. The molecule has 2 aliphatic heterocycles. The van der Waals surface area contributed by atoms with Gasteiger partial charge in [0.15, 0.2) is 0 Å². The van der Waals surface area contributed by atoms with Crippen LogP contribution in [0.3, 0.4) is 0 Å². The van der Waals surface area contributed by atoms with Crippen LogP contribution in [0.5, 0.6) is 0 Å². The maximum absolute atomic E-state index is 13.2. The molecule has 2 aliphatic rings. The summed E-state index contributed by atoms with van der Waals surface area (Å²) in [5, 5.41) is 0. The molecule has 1 amide bonds. The summed E-state index contributed by atoms with van der Waals surface area (Å²) in [6.45, 7) is 4.97. The summed E-state index contributed by atoms with van der Waals surface area (Å²) in [5.74, 6) is -0.330. The first-order valence-electron chi connectivity index (χ1n) is 7.56. The van der Waals surface area contributed by atoms with Gasteiger partial charge in [-0.05, 0) is 60.4 Å². The van der Waals surface area contributed by atoms with Crippen molar-refractivity contribution in [2.24, 2.45) is 0 Å². The predicted octanol–water partition coefficient (Wildman–Crippen LogP) is 3.29. The van der Waals surface area contributed by atoms with Crippen LogP contribution in [0.2, 0.25) is 0 Å². The number of hydrogen-bond acceptors (Lipinski definition) is 2. The highest BCUT2D eigenvalue weighted by atomic mass is 79.9. The molecular formula is C16H20BrFN2O. The molecule has 0 bridgehead atoms. The monoisotopic (exact) mass is 354 g/mol. The van der Waals surface area contributed by atoms with Crippen LogP contribution >= 0.6 is 15.9 Å². The molecule has 0 radical (unpaired) electrons. The zero-order valence-corrected chi connectivity index (χ0v) is 13.8. The second-order valence-electron chi connectivity index (χ2n) is 6.08. The van der Waals surface area contributed by atoms with E-state index in [1.54, 1.807) is 6.07 Å². The van der Waals surface area contributed by atoms with Crippen LogP contribution in [-0.4, -0.2) is 47.4 Å². The van der Waals surface area contributed by atoms with E-state index in [4.69, 9.17) is 0 Å². The molecule has 21 heavy (non-hydrogen) atoms. The minimum Gasteiger partial charge on any atom is -0.333 e. The smallest absolute Gasteiger partial charge is 0.255 e. The third kappa shape index (κ3) is 2.99. The summed E-state index contributed by atoms with van der Waals surface area (Å²) < 4.78 is 13.7. The predicted molar refractivity (Wildman–Crippen MR) is 83.8 cm³/mol. The van der Waals surface area contributed by atoms with E-state index in [2.05, 4.69) is 27.8 Å². The van der Waals surface area contributed by atoms with Gasteiger partial charge in [0.05, 0.1) is 5.56 Å². The lowest BCUT2D eigenvalue weighted by atomic mass is 9.96. The van der Waals surface area contributed by atoms with Gasteiger partial charge < -0.3 is 4.90 Å². The number of carbonyl (C=O) groups excluding carboxylic acids is 1. The normalized spacial score (nSPS) is 26.5. The highest BCUT2D eigenvalue weighted by Gasteiger charge is 2.35. The first-order valence-corrected chi connectivity index (χ1v) is 8.35. The van der Waals surface area contributed by atoms with Gasteiger partial charge in [-0.2, -0.15) is 0 Å². The van der Waals surface area contributed by atoms with E-state index < -0.39 is 0 Å².